The van der Waals surface area contributed by atoms with E-state index in [1.807, 2.05) is 25.1 Å². The molecule has 4 rings (SSSR count). The number of nitriles is 1. The molecule has 3 heterocycles. The van der Waals surface area contributed by atoms with Gasteiger partial charge >= 0.3 is 0 Å². The number of carbonyl (C=O) groups is 1. The number of nitrogen functional groups attached to an aromatic ring is 1. The quantitative estimate of drug-likeness (QED) is 0.634. The molecule has 2 aromatic heterocycles. The third kappa shape index (κ3) is 3.06. The number of hydrogen-bond donors (Lipinski definition) is 1. The van der Waals surface area contributed by atoms with Crippen molar-refractivity contribution in [2.24, 2.45) is 7.05 Å². The molecule has 146 valence electrons. The number of nitrogens with two attached hydrogens (primary N) is 1. The van der Waals surface area contributed by atoms with E-state index in [4.69, 9.17) is 10.5 Å². The molecule has 1 atom stereocenters. The van der Waals surface area contributed by atoms with Gasteiger partial charge in [0.2, 0.25) is 0 Å². The SMILES string of the molecule is CC1Oc2cc(cnc2N)-c2c(nn(C)c2C#N)CN(C)C(=O)c2ccccc21. The predicted molar refractivity (Wildman–Crippen MR) is 107 cm³/mol. The maximum absolute atomic E-state index is 13.2. The van der Waals surface area contributed by atoms with E-state index in [1.165, 1.54) is 4.68 Å². The average molecular weight is 388 g/mol. The smallest absolute Gasteiger partial charge is 0.254 e. The molecule has 0 fully saturated rings. The Morgan fingerprint density at radius 3 is 2.83 bits per heavy atom. The number of amides is 1. The number of rotatable bonds is 0. The van der Waals surface area contributed by atoms with E-state index < -0.39 is 6.10 Å². The normalized spacial score (nSPS) is 16.0. The van der Waals surface area contributed by atoms with Crippen LogP contribution in [0.4, 0.5) is 5.82 Å². The fourth-order valence-electron chi connectivity index (χ4n) is 3.61. The van der Waals surface area contributed by atoms with Gasteiger partial charge < -0.3 is 15.4 Å². The molecule has 0 spiro atoms. The topological polar surface area (TPSA) is 110 Å². The van der Waals surface area contributed by atoms with Gasteiger partial charge in [0.1, 0.15) is 17.9 Å². The number of aryl methyl sites for hydroxylation is 1. The average Bonchev–Trinajstić information content (AvgIpc) is 3.03. The highest BCUT2D eigenvalue weighted by molar-refractivity contribution is 5.95. The summed E-state index contributed by atoms with van der Waals surface area (Å²) in [5, 5.41) is 14.1. The zero-order valence-corrected chi connectivity index (χ0v) is 16.4. The molecule has 2 N–H and O–H groups in total. The molecule has 0 saturated carbocycles. The van der Waals surface area contributed by atoms with E-state index in [0.29, 0.717) is 33.8 Å². The third-order valence-corrected chi connectivity index (χ3v) is 5.06. The van der Waals surface area contributed by atoms with Gasteiger partial charge in [0.05, 0.1) is 12.2 Å². The van der Waals surface area contributed by atoms with Crippen LogP contribution in [0.2, 0.25) is 0 Å². The second kappa shape index (κ2) is 6.95. The van der Waals surface area contributed by atoms with Crippen molar-refractivity contribution in [2.45, 2.75) is 19.6 Å². The number of fused-ring (bicyclic) bond motifs is 5. The number of benzene rings is 1. The molecule has 2 bridgehead atoms. The van der Waals surface area contributed by atoms with Gasteiger partial charge in [-0.15, -0.1) is 0 Å². The summed E-state index contributed by atoms with van der Waals surface area (Å²) in [6.45, 7) is 2.10. The Hall–Kier alpha value is -3.86. The summed E-state index contributed by atoms with van der Waals surface area (Å²) in [6, 6.07) is 11.3. The highest BCUT2D eigenvalue weighted by Crippen LogP contribution is 2.35. The lowest BCUT2D eigenvalue weighted by atomic mass is 10.0. The zero-order valence-electron chi connectivity index (χ0n) is 16.4. The number of hydrogen-bond acceptors (Lipinski definition) is 6. The van der Waals surface area contributed by atoms with Gasteiger partial charge in [-0.2, -0.15) is 10.4 Å². The Kier molecular flexibility index (Phi) is 4.43. The molecule has 0 radical (unpaired) electrons. The van der Waals surface area contributed by atoms with Gasteiger partial charge in [-0.05, 0) is 19.1 Å². The fourth-order valence-corrected chi connectivity index (χ4v) is 3.61. The molecule has 3 aromatic rings. The number of aromatic nitrogens is 3. The van der Waals surface area contributed by atoms with Gasteiger partial charge in [0, 0.05) is 42.5 Å². The first kappa shape index (κ1) is 18.5. The van der Waals surface area contributed by atoms with E-state index in [9.17, 15) is 10.1 Å². The van der Waals surface area contributed by atoms with E-state index in [1.54, 1.807) is 37.3 Å². The Balaban J connectivity index is 1.98. The minimum Gasteiger partial charge on any atom is -0.482 e. The van der Waals surface area contributed by atoms with Crippen molar-refractivity contribution in [2.75, 3.05) is 12.8 Å². The minimum absolute atomic E-state index is 0.151. The van der Waals surface area contributed by atoms with Crippen molar-refractivity contribution in [1.29, 1.82) is 5.26 Å². The second-order valence-electron chi connectivity index (χ2n) is 7.02. The second-order valence-corrected chi connectivity index (χ2v) is 7.02. The van der Waals surface area contributed by atoms with E-state index >= 15 is 0 Å². The molecule has 29 heavy (non-hydrogen) atoms. The van der Waals surface area contributed by atoms with Gasteiger partial charge in [-0.1, -0.05) is 18.2 Å². The number of ether oxygens (including phenoxy) is 1. The van der Waals surface area contributed by atoms with Crippen molar-refractivity contribution >= 4 is 11.7 Å². The van der Waals surface area contributed by atoms with Crippen LogP contribution < -0.4 is 10.5 Å². The minimum atomic E-state index is -0.425. The molecule has 1 amide bonds. The lowest BCUT2D eigenvalue weighted by Crippen LogP contribution is -2.28. The highest BCUT2D eigenvalue weighted by Gasteiger charge is 2.26. The Morgan fingerprint density at radius 2 is 2.07 bits per heavy atom. The summed E-state index contributed by atoms with van der Waals surface area (Å²) in [5.41, 5.74) is 9.61. The maximum atomic E-state index is 13.2. The van der Waals surface area contributed by atoms with Gasteiger partial charge in [0.15, 0.2) is 11.6 Å². The molecular weight excluding hydrogens is 368 g/mol. The standard InChI is InChI=1S/C21H20N6O2/c1-12-14-6-4-5-7-15(14)21(28)26(2)11-16-19(17(9-22)27(3)25-16)13-8-18(29-12)20(23)24-10-13/h4-8,10,12H,11H2,1-3H3,(H2,23,24). The van der Waals surface area contributed by atoms with E-state index in [-0.39, 0.29) is 18.3 Å². The molecule has 1 aliphatic rings. The van der Waals surface area contributed by atoms with Crippen molar-refractivity contribution in [1.82, 2.24) is 19.7 Å². The van der Waals surface area contributed by atoms with Crippen LogP contribution in [0.5, 0.6) is 5.75 Å². The van der Waals surface area contributed by atoms with Gasteiger partial charge in [0.25, 0.3) is 5.91 Å². The number of pyridine rings is 1. The summed E-state index contributed by atoms with van der Waals surface area (Å²) in [4.78, 5) is 19.0. The first-order valence-electron chi connectivity index (χ1n) is 9.13. The fraction of sp³-hybridized carbons (Fsp3) is 0.238. The number of anilines is 1. The largest absolute Gasteiger partial charge is 0.482 e. The summed E-state index contributed by atoms with van der Waals surface area (Å²) >= 11 is 0. The van der Waals surface area contributed by atoms with Crippen LogP contribution in [0, 0.1) is 11.3 Å². The van der Waals surface area contributed by atoms with Gasteiger partial charge in [-0.25, -0.2) is 4.98 Å². The van der Waals surface area contributed by atoms with Crippen molar-refractivity contribution in [3.8, 4) is 22.9 Å². The van der Waals surface area contributed by atoms with E-state index in [2.05, 4.69) is 16.2 Å². The Labute approximate surface area is 168 Å². The van der Waals surface area contributed by atoms with Crippen molar-refractivity contribution in [3.63, 3.8) is 0 Å². The molecule has 1 unspecified atom stereocenters. The van der Waals surface area contributed by atoms with Gasteiger partial charge in [-0.3, -0.25) is 9.48 Å². The summed E-state index contributed by atoms with van der Waals surface area (Å²) in [6.07, 6.45) is 1.17. The summed E-state index contributed by atoms with van der Waals surface area (Å²) in [7, 11) is 3.42. The van der Waals surface area contributed by atoms with Crippen LogP contribution in [-0.4, -0.2) is 32.6 Å². The van der Waals surface area contributed by atoms with E-state index in [0.717, 1.165) is 5.56 Å². The molecule has 0 aliphatic carbocycles. The Morgan fingerprint density at radius 1 is 1.31 bits per heavy atom. The van der Waals surface area contributed by atoms with Crippen LogP contribution in [0.15, 0.2) is 36.5 Å². The monoisotopic (exact) mass is 388 g/mol. The third-order valence-electron chi connectivity index (χ3n) is 5.06. The Bertz CT molecular complexity index is 1160. The molecule has 0 saturated heterocycles. The summed E-state index contributed by atoms with van der Waals surface area (Å²) in [5.74, 6) is 0.480. The van der Waals surface area contributed by atoms with Crippen LogP contribution in [-0.2, 0) is 13.6 Å². The van der Waals surface area contributed by atoms with Crippen LogP contribution >= 0.6 is 0 Å². The molecule has 8 heteroatoms. The van der Waals surface area contributed by atoms with Crippen molar-refractivity contribution < 1.29 is 9.53 Å². The molecule has 1 aliphatic heterocycles. The molecule has 1 aromatic carbocycles. The van der Waals surface area contributed by atoms with Crippen LogP contribution in [0.1, 0.15) is 40.3 Å². The van der Waals surface area contributed by atoms with Crippen LogP contribution in [0.3, 0.4) is 0 Å². The molecule has 8 nitrogen and oxygen atoms in total. The lowest BCUT2D eigenvalue weighted by Gasteiger charge is -2.23. The first-order valence-corrected chi connectivity index (χ1v) is 9.13. The molecular formula is C21H20N6O2. The van der Waals surface area contributed by atoms with Crippen LogP contribution in [0.25, 0.3) is 11.1 Å². The maximum Gasteiger partial charge on any atom is 0.254 e. The zero-order chi connectivity index (χ0) is 20.7. The first-order chi connectivity index (χ1) is 13.9. The highest BCUT2D eigenvalue weighted by atomic mass is 16.5. The van der Waals surface area contributed by atoms with Crippen molar-refractivity contribution in [3.05, 3.63) is 59.0 Å². The predicted octanol–water partition coefficient (Wildman–Crippen LogP) is 2.66. The number of nitrogens with zero attached hydrogens (tertiary/aromatic N) is 5. The number of carbonyl (C=O) groups excluding carboxylic acids is 1. The lowest BCUT2D eigenvalue weighted by molar-refractivity contribution is 0.0778. The summed E-state index contributed by atoms with van der Waals surface area (Å²) < 4.78 is 7.61.